The van der Waals surface area contributed by atoms with Crippen molar-refractivity contribution in [3.63, 3.8) is 0 Å². The highest BCUT2D eigenvalue weighted by molar-refractivity contribution is 5.87. The minimum atomic E-state index is -0.639. The van der Waals surface area contributed by atoms with E-state index in [1.807, 2.05) is 0 Å². The Hall–Kier alpha value is -1.50. The van der Waals surface area contributed by atoms with Gasteiger partial charge in [-0.3, -0.25) is 9.59 Å². The molecule has 0 bridgehead atoms. The lowest BCUT2D eigenvalue weighted by atomic mass is 10.1. The third-order valence-electron chi connectivity index (χ3n) is 2.69. The number of likely N-dealkylation sites (tertiary alicyclic amines) is 1. The van der Waals surface area contributed by atoms with Gasteiger partial charge in [-0.2, -0.15) is 0 Å². The standard InChI is InChI=1S/C11H15NO3/c1-5-11(2,3)12-7-8(6-9(12)13)10(14)15-4/h1,8H,6-7H2,2-4H3. The summed E-state index contributed by atoms with van der Waals surface area (Å²) in [5.41, 5.74) is -0.639. The van der Waals surface area contributed by atoms with Crippen molar-refractivity contribution in [2.75, 3.05) is 13.7 Å². The van der Waals surface area contributed by atoms with Crippen molar-refractivity contribution >= 4 is 11.9 Å². The number of terminal acetylenes is 1. The summed E-state index contributed by atoms with van der Waals surface area (Å²) in [5, 5.41) is 0. The van der Waals surface area contributed by atoms with Crippen LogP contribution in [0.5, 0.6) is 0 Å². The van der Waals surface area contributed by atoms with Gasteiger partial charge in [-0.15, -0.1) is 6.42 Å². The average molecular weight is 209 g/mol. The lowest BCUT2D eigenvalue weighted by molar-refractivity contribution is -0.145. The SMILES string of the molecule is C#CC(C)(C)N1CC(C(=O)OC)CC1=O. The van der Waals surface area contributed by atoms with Gasteiger partial charge >= 0.3 is 5.97 Å². The van der Waals surface area contributed by atoms with Crippen molar-refractivity contribution in [1.29, 1.82) is 0 Å². The molecule has 0 aliphatic carbocycles. The molecule has 0 saturated carbocycles. The van der Waals surface area contributed by atoms with E-state index in [4.69, 9.17) is 6.42 Å². The Labute approximate surface area is 89.6 Å². The number of hydrogen-bond acceptors (Lipinski definition) is 3. The number of methoxy groups -OCH3 is 1. The van der Waals surface area contributed by atoms with E-state index < -0.39 is 5.54 Å². The number of esters is 1. The van der Waals surface area contributed by atoms with Gasteiger partial charge < -0.3 is 9.64 Å². The van der Waals surface area contributed by atoms with Crippen molar-refractivity contribution in [3.8, 4) is 12.3 Å². The summed E-state index contributed by atoms with van der Waals surface area (Å²) in [4.78, 5) is 24.5. The van der Waals surface area contributed by atoms with Gasteiger partial charge in [0.25, 0.3) is 0 Å². The average Bonchev–Trinajstić information content (AvgIpc) is 2.60. The third kappa shape index (κ3) is 2.12. The number of nitrogens with zero attached hydrogens (tertiary/aromatic N) is 1. The second-order valence-corrected chi connectivity index (χ2v) is 4.13. The maximum Gasteiger partial charge on any atom is 0.310 e. The van der Waals surface area contributed by atoms with Crippen LogP contribution in [0.2, 0.25) is 0 Å². The number of rotatable bonds is 2. The molecule has 0 spiro atoms. The summed E-state index contributed by atoms with van der Waals surface area (Å²) in [5.74, 6) is 1.73. The van der Waals surface area contributed by atoms with Gasteiger partial charge in [-0.05, 0) is 13.8 Å². The second kappa shape index (κ2) is 3.93. The van der Waals surface area contributed by atoms with E-state index in [1.165, 1.54) is 7.11 Å². The fourth-order valence-corrected chi connectivity index (χ4v) is 1.65. The normalized spacial score (nSPS) is 21.3. The van der Waals surface area contributed by atoms with Crippen LogP contribution in [-0.2, 0) is 14.3 Å². The molecule has 1 atom stereocenters. The molecule has 15 heavy (non-hydrogen) atoms. The Kier molecular flexibility index (Phi) is 3.04. The van der Waals surface area contributed by atoms with Crippen molar-refractivity contribution in [2.24, 2.45) is 5.92 Å². The van der Waals surface area contributed by atoms with Crippen molar-refractivity contribution < 1.29 is 14.3 Å². The van der Waals surface area contributed by atoms with Gasteiger partial charge in [0.2, 0.25) is 5.91 Å². The van der Waals surface area contributed by atoms with Gasteiger partial charge in [-0.1, -0.05) is 5.92 Å². The first-order chi connectivity index (χ1) is 6.92. The molecule has 0 radical (unpaired) electrons. The van der Waals surface area contributed by atoms with E-state index in [9.17, 15) is 9.59 Å². The molecule has 4 nitrogen and oxygen atoms in total. The first-order valence-corrected chi connectivity index (χ1v) is 4.78. The summed E-state index contributed by atoms with van der Waals surface area (Å²) in [7, 11) is 1.32. The van der Waals surface area contributed by atoms with Gasteiger partial charge in [-0.25, -0.2) is 0 Å². The zero-order chi connectivity index (χ0) is 11.6. The Morgan fingerprint density at radius 1 is 1.67 bits per heavy atom. The summed E-state index contributed by atoms with van der Waals surface area (Å²) < 4.78 is 4.61. The molecular formula is C11H15NO3. The van der Waals surface area contributed by atoms with E-state index in [-0.39, 0.29) is 24.2 Å². The quantitative estimate of drug-likeness (QED) is 0.489. The van der Waals surface area contributed by atoms with Gasteiger partial charge in [0.15, 0.2) is 0 Å². The Balaban J connectivity index is 2.78. The highest BCUT2D eigenvalue weighted by Crippen LogP contribution is 2.26. The molecular weight excluding hydrogens is 194 g/mol. The topological polar surface area (TPSA) is 46.6 Å². The Morgan fingerprint density at radius 3 is 2.73 bits per heavy atom. The molecule has 0 N–H and O–H groups in total. The number of carbonyl (C=O) groups excluding carboxylic acids is 2. The number of hydrogen-bond donors (Lipinski definition) is 0. The molecule has 0 aromatic carbocycles. The molecule has 1 aliphatic rings. The molecule has 4 heteroatoms. The predicted molar refractivity (Wildman–Crippen MR) is 54.7 cm³/mol. The van der Waals surface area contributed by atoms with Crippen LogP contribution in [0.4, 0.5) is 0 Å². The van der Waals surface area contributed by atoms with Gasteiger partial charge in [0.1, 0.15) is 0 Å². The molecule has 0 aromatic heterocycles. The molecule has 1 fully saturated rings. The summed E-state index contributed by atoms with van der Waals surface area (Å²) in [6.07, 6.45) is 5.53. The smallest absolute Gasteiger partial charge is 0.310 e. The minimum absolute atomic E-state index is 0.0895. The first kappa shape index (κ1) is 11.6. The van der Waals surface area contributed by atoms with Crippen molar-refractivity contribution in [3.05, 3.63) is 0 Å². The summed E-state index contributed by atoms with van der Waals surface area (Å²) in [6.45, 7) is 3.91. The zero-order valence-corrected chi connectivity index (χ0v) is 9.24. The maximum absolute atomic E-state index is 11.6. The van der Waals surface area contributed by atoms with E-state index in [0.717, 1.165) is 0 Å². The minimum Gasteiger partial charge on any atom is -0.469 e. The number of ether oxygens (including phenoxy) is 1. The molecule has 1 heterocycles. The van der Waals surface area contributed by atoms with Crippen molar-refractivity contribution in [1.82, 2.24) is 4.90 Å². The van der Waals surface area contributed by atoms with E-state index in [1.54, 1.807) is 18.7 Å². The van der Waals surface area contributed by atoms with Crippen LogP contribution in [0.3, 0.4) is 0 Å². The van der Waals surface area contributed by atoms with Crippen LogP contribution in [0.25, 0.3) is 0 Å². The monoisotopic (exact) mass is 209 g/mol. The highest BCUT2D eigenvalue weighted by atomic mass is 16.5. The lowest BCUT2D eigenvalue weighted by Crippen LogP contribution is -2.44. The predicted octanol–water partition coefficient (Wildman–Crippen LogP) is 0.420. The fourth-order valence-electron chi connectivity index (χ4n) is 1.65. The summed E-state index contributed by atoms with van der Waals surface area (Å²) >= 11 is 0. The van der Waals surface area contributed by atoms with E-state index >= 15 is 0 Å². The zero-order valence-electron chi connectivity index (χ0n) is 9.24. The Morgan fingerprint density at radius 2 is 2.27 bits per heavy atom. The van der Waals surface area contributed by atoms with Crippen LogP contribution in [0.15, 0.2) is 0 Å². The third-order valence-corrected chi connectivity index (χ3v) is 2.69. The lowest BCUT2D eigenvalue weighted by Gasteiger charge is -2.30. The van der Waals surface area contributed by atoms with Crippen molar-refractivity contribution in [2.45, 2.75) is 25.8 Å². The van der Waals surface area contributed by atoms with Gasteiger partial charge in [0.05, 0.1) is 18.6 Å². The number of amides is 1. The molecule has 1 amide bonds. The van der Waals surface area contributed by atoms with Crippen LogP contribution >= 0.6 is 0 Å². The molecule has 1 saturated heterocycles. The maximum atomic E-state index is 11.6. The molecule has 1 rings (SSSR count). The molecule has 82 valence electrons. The van der Waals surface area contributed by atoms with Crippen LogP contribution in [0, 0.1) is 18.3 Å². The largest absolute Gasteiger partial charge is 0.469 e. The number of carbonyl (C=O) groups is 2. The van der Waals surface area contributed by atoms with Crippen LogP contribution in [-0.4, -0.2) is 36.0 Å². The second-order valence-electron chi connectivity index (χ2n) is 4.13. The van der Waals surface area contributed by atoms with Crippen LogP contribution < -0.4 is 0 Å². The first-order valence-electron chi connectivity index (χ1n) is 4.78. The summed E-state index contributed by atoms with van der Waals surface area (Å²) in [6, 6.07) is 0. The van der Waals surface area contributed by atoms with E-state index in [2.05, 4.69) is 10.7 Å². The Bertz CT molecular complexity index is 327. The highest BCUT2D eigenvalue weighted by Gasteiger charge is 2.41. The van der Waals surface area contributed by atoms with Gasteiger partial charge in [0, 0.05) is 13.0 Å². The van der Waals surface area contributed by atoms with E-state index in [0.29, 0.717) is 6.54 Å². The molecule has 0 aromatic rings. The van der Waals surface area contributed by atoms with Crippen LogP contribution in [0.1, 0.15) is 20.3 Å². The fraction of sp³-hybridized carbons (Fsp3) is 0.636. The molecule has 1 unspecified atom stereocenters. The molecule has 1 aliphatic heterocycles.